The molecule has 1 saturated carbocycles. The molecule has 0 radical (unpaired) electrons. The van der Waals surface area contributed by atoms with E-state index in [0.717, 1.165) is 34.7 Å². The van der Waals surface area contributed by atoms with E-state index in [2.05, 4.69) is 10.0 Å². The molecule has 1 aromatic rings. The molecule has 0 bridgehead atoms. The molecule has 1 amide bonds. The lowest BCUT2D eigenvalue weighted by molar-refractivity contribution is 0.0785. The minimum atomic E-state index is 0.145. The first-order chi connectivity index (χ1) is 9.28. The number of azide groups is 1. The molecule has 2 unspecified atom stereocenters. The van der Waals surface area contributed by atoms with Gasteiger partial charge in [-0.2, -0.15) is 0 Å². The average molecular weight is 276 g/mol. The first-order valence-corrected chi connectivity index (χ1v) is 7.48. The van der Waals surface area contributed by atoms with Crippen molar-refractivity contribution in [1.82, 2.24) is 4.90 Å². The van der Waals surface area contributed by atoms with E-state index in [1.807, 2.05) is 17.0 Å². The van der Waals surface area contributed by atoms with Gasteiger partial charge in [0.1, 0.15) is 0 Å². The fraction of sp³-hybridized carbons (Fsp3) is 0.615. The molecule has 2 fully saturated rings. The molecule has 100 valence electrons. The third-order valence-electron chi connectivity index (χ3n) is 4.18. The molecule has 3 rings (SSSR count). The van der Waals surface area contributed by atoms with Gasteiger partial charge >= 0.3 is 0 Å². The first-order valence-electron chi connectivity index (χ1n) is 6.67. The molecule has 1 aliphatic heterocycles. The molecule has 6 heteroatoms. The number of hydrogen-bond acceptors (Lipinski definition) is 3. The number of nitrogens with zero attached hydrogens (tertiary/aromatic N) is 4. The lowest BCUT2D eigenvalue weighted by Gasteiger charge is -2.16. The monoisotopic (exact) mass is 276 g/mol. The summed E-state index contributed by atoms with van der Waals surface area (Å²) in [5.74, 6) is 1.60. The van der Waals surface area contributed by atoms with Crippen LogP contribution in [-0.4, -0.2) is 23.9 Å². The highest BCUT2D eigenvalue weighted by Crippen LogP contribution is 2.38. The third-order valence-corrected chi connectivity index (χ3v) is 5.23. The predicted molar refractivity (Wildman–Crippen MR) is 73.9 cm³/mol. The molecule has 0 spiro atoms. The van der Waals surface area contributed by atoms with Crippen LogP contribution in [-0.2, 0) is 6.54 Å². The lowest BCUT2D eigenvalue weighted by atomic mass is 10.0. The Labute approximate surface area is 115 Å². The van der Waals surface area contributed by atoms with Gasteiger partial charge in [-0.25, -0.2) is 0 Å². The van der Waals surface area contributed by atoms with Crippen LogP contribution < -0.4 is 0 Å². The normalized spacial score (nSPS) is 25.2. The number of hydrogen-bond donors (Lipinski definition) is 0. The second kappa shape index (κ2) is 5.23. The molecular formula is C13H16N4OS. The van der Waals surface area contributed by atoms with Crippen molar-refractivity contribution < 1.29 is 4.79 Å². The van der Waals surface area contributed by atoms with E-state index in [1.54, 1.807) is 0 Å². The Morgan fingerprint density at radius 3 is 2.84 bits per heavy atom. The maximum atomic E-state index is 12.4. The van der Waals surface area contributed by atoms with Gasteiger partial charge in [-0.3, -0.25) is 4.79 Å². The molecule has 2 aliphatic rings. The van der Waals surface area contributed by atoms with Gasteiger partial charge in [0.25, 0.3) is 5.91 Å². The van der Waals surface area contributed by atoms with Crippen LogP contribution in [0.1, 0.15) is 33.8 Å². The van der Waals surface area contributed by atoms with Crippen molar-refractivity contribution in [2.75, 3.05) is 13.1 Å². The summed E-state index contributed by atoms with van der Waals surface area (Å²) in [6, 6.07) is 3.73. The van der Waals surface area contributed by atoms with Gasteiger partial charge in [-0.05, 0) is 42.3 Å². The van der Waals surface area contributed by atoms with Gasteiger partial charge in [-0.1, -0.05) is 11.5 Å². The molecule has 2 heterocycles. The van der Waals surface area contributed by atoms with E-state index < -0.39 is 0 Å². The van der Waals surface area contributed by atoms with Crippen LogP contribution in [0.5, 0.6) is 0 Å². The zero-order valence-electron chi connectivity index (χ0n) is 10.7. The number of fused-ring (bicyclic) bond motifs is 1. The molecule has 2 atom stereocenters. The molecule has 19 heavy (non-hydrogen) atoms. The van der Waals surface area contributed by atoms with Crippen molar-refractivity contribution in [3.05, 3.63) is 32.3 Å². The van der Waals surface area contributed by atoms with Crippen molar-refractivity contribution >= 4 is 17.2 Å². The zero-order chi connectivity index (χ0) is 13.2. The average Bonchev–Trinajstić information content (AvgIpc) is 3.10. The number of rotatable bonds is 3. The summed E-state index contributed by atoms with van der Waals surface area (Å²) in [4.78, 5) is 18.8. The van der Waals surface area contributed by atoms with Crippen LogP contribution in [0.3, 0.4) is 0 Å². The SMILES string of the molecule is [N-]=[N+]=NCc1ccc(C(=O)N2CC3CCCC3C2)s1. The summed E-state index contributed by atoms with van der Waals surface area (Å²) in [5, 5.41) is 3.52. The van der Waals surface area contributed by atoms with Crippen LogP contribution in [0.15, 0.2) is 17.2 Å². The summed E-state index contributed by atoms with van der Waals surface area (Å²) >= 11 is 1.44. The molecule has 0 N–H and O–H groups in total. The van der Waals surface area contributed by atoms with Crippen molar-refractivity contribution in [3.8, 4) is 0 Å². The van der Waals surface area contributed by atoms with Crippen molar-refractivity contribution in [3.63, 3.8) is 0 Å². The quantitative estimate of drug-likeness (QED) is 0.473. The maximum Gasteiger partial charge on any atom is 0.263 e. The summed E-state index contributed by atoms with van der Waals surface area (Å²) < 4.78 is 0. The number of carbonyl (C=O) groups excluding carboxylic acids is 1. The van der Waals surface area contributed by atoms with E-state index in [9.17, 15) is 4.79 Å². The largest absolute Gasteiger partial charge is 0.337 e. The Hall–Kier alpha value is -1.52. The summed E-state index contributed by atoms with van der Waals surface area (Å²) in [6.45, 7) is 2.18. The second-order valence-corrected chi connectivity index (χ2v) is 6.48. The Balaban J connectivity index is 1.67. The van der Waals surface area contributed by atoms with Crippen molar-refractivity contribution in [2.24, 2.45) is 17.0 Å². The van der Waals surface area contributed by atoms with E-state index in [4.69, 9.17) is 5.53 Å². The van der Waals surface area contributed by atoms with Crippen LogP contribution in [0, 0.1) is 11.8 Å². The zero-order valence-corrected chi connectivity index (χ0v) is 11.5. The van der Waals surface area contributed by atoms with Gasteiger partial charge in [0.15, 0.2) is 0 Å². The van der Waals surface area contributed by atoms with Crippen LogP contribution in [0.4, 0.5) is 0 Å². The van der Waals surface area contributed by atoms with Crippen LogP contribution in [0.25, 0.3) is 10.4 Å². The molecular weight excluding hydrogens is 260 g/mol. The topological polar surface area (TPSA) is 69.1 Å². The third kappa shape index (κ3) is 2.46. The van der Waals surface area contributed by atoms with E-state index in [1.165, 1.54) is 30.6 Å². The smallest absolute Gasteiger partial charge is 0.263 e. The minimum Gasteiger partial charge on any atom is -0.337 e. The maximum absolute atomic E-state index is 12.4. The fourth-order valence-corrected chi connectivity index (χ4v) is 4.13. The van der Waals surface area contributed by atoms with E-state index >= 15 is 0 Å². The Kier molecular flexibility index (Phi) is 3.44. The molecule has 5 nitrogen and oxygen atoms in total. The highest BCUT2D eigenvalue weighted by molar-refractivity contribution is 7.14. The van der Waals surface area contributed by atoms with Gasteiger partial charge in [0, 0.05) is 22.9 Å². The standard InChI is InChI=1S/C13H16N4OS/c14-16-15-6-11-4-5-12(19-11)13(18)17-7-9-2-1-3-10(9)8-17/h4-5,9-10H,1-3,6-8H2. The van der Waals surface area contributed by atoms with Crippen LogP contribution in [0.2, 0.25) is 0 Å². The van der Waals surface area contributed by atoms with Gasteiger partial charge in [0.2, 0.25) is 0 Å². The van der Waals surface area contributed by atoms with E-state index in [-0.39, 0.29) is 5.91 Å². The summed E-state index contributed by atoms with van der Waals surface area (Å²) in [5.41, 5.74) is 8.30. The highest BCUT2D eigenvalue weighted by atomic mass is 32.1. The highest BCUT2D eigenvalue weighted by Gasteiger charge is 2.38. The number of likely N-dealkylation sites (tertiary alicyclic amines) is 1. The first kappa shape index (κ1) is 12.5. The number of thiophene rings is 1. The van der Waals surface area contributed by atoms with Crippen molar-refractivity contribution in [2.45, 2.75) is 25.8 Å². The fourth-order valence-electron chi connectivity index (χ4n) is 3.24. The minimum absolute atomic E-state index is 0.145. The van der Waals surface area contributed by atoms with Gasteiger partial charge in [-0.15, -0.1) is 11.3 Å². The second-order valence-electron chi connectivity index (χ2n) is 5.32. The Morgan fingerprint density at radius 1 is 1.42 bits per heavy atom. The van der Waals surface area contributed by atoms with E-state index in [0.29, 0.717) is 6.54 Å². The van der Waals surface area contributed by atoms with Crippen molar-refractivity contribution in [1.29, 1.82) is 0 Å². The molecule has 0 aromatic carbocycles. The van der Waals surface area contributed by atoms with Crippen LogP contribution >= 0.6 is 11.3 Å². The summed E-state index contributed by atoms with van der Waals surface area (Å²) in [6.07, 6.45) is 3.88. The Bertz CT molecular complexity index is 523. The van der Waals surface area contributed by atoms with Gasteiger partial charge < -0.3 is 4.90 Å². The molecule has 1 aliphatic carbocycles. The van der Waals surface area contributed by atoms with Gasteiger partial charge in [0.05, 0.1) is 11.4 Å². The summed E-state index contributed by atoms with van der Waals surface area (Å²) in [7, 11) is 0. The lowest BCUT2D eigenvalue weighted by Crippen LogP contribution is -2.28. The molecule has 1 saturated heterocycles. The number of carbonyl (C=O) groups is 1. The Morgan fingerprint density at radius 2 is 2.16 bits per heavy atom. The number of amides is 1. The predicted octanol–water partition coefficient (Wildman–Crippen LogP) is 3.43. The molecule has 1 aromatic heterocycles.